The van der Waals surface area contributed by atoms with Crippen molar-refractivity contribution >= 4 is 17.5 Å². The van der Waals surface area contributed by atoms with Gasteiger partial charge in [0.2, 0.25) is 0 Å². The van der Waals surface area contributed by atoms with E-state index in [0.717, 1.165) is 69.9 Å². The highest BCUT2D eigenvalue weighted by molar-refractivity contribution is 5.93. The number of rotatable bonds is 4. The summed E-state index contributed by atoms with van der Waals surface area (Å²) in [6, 6.07) is 11.9. The van der Waals surface area contributed by atoms with Gasteiger partial charge in [-0.2, -0.15) is 0 Å². The maximum Gasteiger partial charge on any atom is 0.270 e. The zero-order valence-electron chi connectivity index (χ0n) is 18.4. The molecule has 2 aromatic heterocycles. The summed E-state index contributed by atoms with van der Waals surface area (Å²) in [5, 5.41) is 14.1. The van der Waals surface area contributed by atoms with E-state index in [1.54, 1.807) is 0 Å². The molecular formula is C25H31N5O2. The van der Waals surface area contributed by atoms with Crippen molar-refractivity contribution in [2.45, 2.75) is 43.7 Å². The fourth-order valence-electron chi connectivity index (χ4n) is 6.87. The Morgan fingerprint density at radius 2 is 1.62 bits per heavy atom. The van der Waals surface area contributed by atoms with E-state index in [4.69, 9.17) is 4.98 Å². The molecule has 0 radical (unpaired) electrons. The average Bonchev–Trinajstić information content (AvgIpc) is 2.81. The van der Waals surface area contributed by atoms with Crippen LogP contribution in [0.1, 0.15) is 42.6 Å². The number of hydrogen-bond acceptors (Lipinski definition) is 6. The Balaban J connectivity index is 1.11. The lowest BCUT2D eigenvalue weighted by atomic mass is 9.52. The smallest absolute Gasteiger partial charge is 0.270 e. The number of amides is 1. The van der Waals surface area contributed by atoms with Crippen molar-refractivity contribution in [3.63, 3.8) is 0 Å². The third-order valence-corrected chi connectivity index (χ3v) is 8.08. The van der Waals surface area contributed by atoms with Crippen LogP contribution in [-0.2, 0) is 0 Å². The predicted octanol–water partition coefficient (Wildman–Crippen LogP) is 2.47. The van der Waals surface area contributed by atoms with E-state index in [9.17, 15) is 9.90 Å². The van der Waals surface area contributed by atoms with Crippen LogP contribution in [0.5, 0.6) is 0 Å². The third kappa shape index (κ3) is 3.62. The van der Waals surface area contributed by atoms with Crippen molar-refractivity contribution in [3.05, 3.63) is 48.3 Å². The SMILES string of the molecule is O=C(N[C@H]1C2CC3CC1C[C@](O)(C3)C2)c1cccc(N2CCN(c3ccccn3)CC2)n1. The van der Waals surface area contributed by atoms with Crippen molar-refractivity contribution in [2.24, 2.45) is 17.8 Å². The molecule has 2 unspecified atom stereocenters. The molecule has 3 heterocycles. The second-order valence-corrected chi connectivity index (χ2v) is 10.2. The van der Waals surface area contributed by atoms with Gasteiger partial charge in [-0.05, 0) is 74.1 Å². The molecule has 0 spiro atoms. The molecule has 7 heteroatoms. The van der Waals surface area contributed by atoms with Gasteiger partial charge in [-0.1, -0.05) is 12.1 Å². The Labute approximate surface area is 188 Å². The molecule has 4 bridgehead atoms. The lowest BCUT2D eigenvalue weighted by molar-refractivity contribution is -0.136. The summed E-state index contributed by atoms with van der Waals surface area (Å²) < 4.78 is 0. The molecule has 1 aliphatic heterocycles. The Morgan fingerprint density at radius 1 is 0.938 bits per heavy atom. The largest absolute Gasteiger partial charge is 0.390 e. The minimum absolute atomic E-state index is 0.0802. The van der Waals surface area contributed by atoms with Crippen LogP contribution in [0.2, 0.25) is 0 Å². The van der Waals surface area contributed by atoms with Crippen LogP contribution in [0.25, 0.3) is 0 Å². The second kappa shape index (κ2) is 7.73. The molecule has 7 nitrogen and oxygen atoms in total. The molecular weight excluding hydrogens is 402 g/mol. The van der Waals surface area contributed by atoms with Crippen LogP contribution in [-0.4, -0.2) is 58.8 Å². The van der Waals surface area contributed by atoms with Crippen LogP contribution >= 0.6 is 0 Å². The molecule has 4 saturated carbocycles. The molecule has 5 aliphatic rings. The lowest BCUT2D eigenvalue weighted by Crippen LogP contribution is -2.61. The molecule has 4 aliphatic carbocycles. The Bertz CT molecular complexity index is 975. The summed E-state index contributed by atoms with van der Waals surface area (Å²) in [4.78, 5) is 26.8. The zero-order valence-corrected chi connectivity index (χ0v) is 18.4. The number of aromatic nitrogens is 2. The van der Waals surface area contributed by atoms with Gasteiger partial charge in [-0.3, -0.25) is 4.79 Å². The molecule has 168 valence electrons. The van der Waals surface area contributed by atoms with Gasteiger partial charge in [-0.15, -0.1) is 0 Å². The summed E-state index contributed by atoms with van der Waals surface area (Å²) in [7, 11) is 0. The van der Waals surface area contributed by atoms with Crippen LogP contribution in [0.3, 0.4) is 0 Å². The van der Waals surface area contributed by atoms with Crippen LogP contribution in [0.4, 0.5) is 11.6 Å². The molecule has 7 rings (SSSR count). The molecule has 2 N–H and O–H groups in total. The first kappa shape index (κ1) is 20.0. The van der Waals surface area contributed by atoms with Crippen molar-refractivity contribution in [2.75, 3.05) is 36.0 Å². The van der Waals surface area contributed by atoms with Crippen molar-refractivity contribution in [1.82, 2.24) is 15.3 Å². The number of nitrogens with one attached hydrogen (secondary N) is 1. The van der Waals surface area contributed by atoms with Gasteiger partial charge in [0.15, 0.2) is 0 Å². The third-order valence-electron chi connectivity index (χ3n) is 8.08. The van der Waals surface area contributed by atoms with E-state index in [-0.39, 0.29) is 11.9 Å². The Hall–Kier alpha value is -2.67. The van der Waals surface area contributed by atoms with Gasteiger partial charge in [0.25, 0.3) is 5.91 Å². The highest BCUT2D eigenvalue weighted by Crippen LogP contribution is 2.55. The first-order chi connectivity index (χ1) is 15.6. The molecule has 32 heavy (non-hydrogen) atoms. The van der Waals surface area contributed by atoms with Crippen molar-refractivity contribution in [3.8, 4) is 0 Å². The summed E-state index contributed by atoms with van der Waals surface area (Å²) in [5.41, 5.74) is 0.00926. The predicted molar refractivity (Wildman–Crippen MR) is 123 cm³/mol. The minimum Gasteiger partial charge on any atom is -0.390 e. The summed E-state index contributed by atoms with van der Waals surface area (Å²) in [6.45, 7) is 3.46. The fourth-order valence-corrected chi connectivity index (χ4v) is 6.87. The van der Waals surface area contributed by atoms with E-state index in [1.165, 1.54) is 0 Å². The minimum atomic E-state index is -0.479. The average molecular weight is 434 g/mol. The van der Waals surface area contributed by atoms with E-state index in [0.29, 0.717) is 23.4 Å². The van der Waals surface area contributed by atoms with Gasteiger partial charge in [-0.25, -0.2) is 9.97 Å². The number of hydrogen-bond donors (Lipinski definition) is 2. The van der Waals surface area contributed by atoms with Crippen LogP contribution in [0.15, 0.2) is 42.6 Å². The summed E-state index contributed by atoms with van der Waals surface area (Å²) in [5.74, 6) is 3.22. The Morgan fingerprint density at radius 3 is 2.28 bits per heavy atom. The first-order valence-corrected chi connectivity index (χ1v) is 12.0. The van der Waals surface area contributed by atoms with Gasteiger partial charge >= 0.3 is 0 Å². The highest BCUT2D eigenvalue weighted by Gasteiger charge is 2.55. The van der Waals surface area contributed by atoms with Crippen molar-refractivity contribution < 1.29 is 9.90 Å². The number of nitrogens with zero attached hydrogens (tertiary/aromatic N) is 4. The first-order valence-electron chi connectivity index (χ1n) is 12.0. The molecule has 1 saturated heterocycles. The summed E-state index contributed by atoms with van der Waals surface area (Å²) in [6.07, 6.45) is 6.72. The number of pyridine rings is 2. The van der Waals surface area contributed by atoms with Gasteiger partial charge in [0, 0.05) is 38.4 Å². The molecule has 0 aromatic carbocycles. The molecule has 1 amide bonds. The van der Waals surface area contributed by atoms with E-state index in [2.05, 4.69) is 20.1 Å². The molecule has 2 aromatic rings. The Kier molecular flexibility index (Phi) is 4.82. The standard InChI is InChI=1S/C25H31N5O2/c31-24(28-23-18-12-17-13-19(23)16-25(32,14-17)15-18)20-4-3-6-22(27-20)30-10-8-29(9-11-30)21-5-1-2-7-26-21/h1-7,17-19,23,32H,8-16H2,(H,28,31)/t17?,18?,19?,23-,25-. The zero-order chi connectivity index (χ0) is 21.7. The van der Waals surface area contributed by atoms with Gasteiger partial charge in [0.1, 0.15) is 17.3 Å². The molecule has 5 fully saturated rings. The van der Waals surface area contributed by atoms with Crippen molar-refractivity contribution in [1.29, 1.82) is 0 Å². The normalized spacial score (nSPS) is 33.4. The maximum atomic E-state index is 13.1. The quantitative estimate of drug-likeness (QED) is 0.771. The van der Waals surface area contributed by atoms with E-state index >= 15 is 0 Å². The highest BCUT2D eigenvalue weighted by atomic mass is 16.3. The van der Waals surface area contributed by atoms with E-state index < -0.39 is 5.60 Å². The maximum absolute atomic E-state index is 13.1. The number of carbonyl (C=O) groups excluding carboxylic acids is 1. The van der Waals surface area contributed by atoms with Crippen LogP contribution in [0, 0.1) is 17.8 Å². The number of carbonyl (C=O) groups is 1. The summed E-state index contributed by atoms with van der Waals surface area (Å²) >= 11 is 0. The van der Waals surface area contributed by atoms with Crippen LogP contribution < -0.4 is 15.1 Å². The monoisotopic (exact) mass is 433 g/mol. The topological polar surface area (TPSA) is 81.6 Å². The number of anilines is 2. The molecule has 2 atom stereocenters. The number of aliphatic hydroxyl groups is 1. The lowest BCUT2D eigenvalue weighted by Gasteiger charge is -2.58. The van der Waals surface area contributed by atoms with Gasteiger partial charge in [0.05, 0.1) is 5.60 Å². The number of piperazine rings is 1. The van der Waals surface area contributed by atoms with E-state index in [1.807, 2.05) is 42.6 Å². The fraction of sp³-hybridized carbons (Fsp3) is 0.560. The van der Waals surface area contributed by atoms with Gasteiger partial charge < -0.3 is 20.2 Å². The second-order valence-electron chi connectivity index (χ2n) is 10.2.